The van der Waals surface area contributed by atoms with Gasteiger partial charge in [0.15, 0.2) is 12.6 Å². The number of rotatable bonds is 4. The van der Waals surface area contributed by atoms with Crippen molar-refractivity contribution in [2.45, 2.75) is 0 Å². The second-order valence-electron chi connectivity index (χ2n) is 1.62. The molecule has 0 aromatic heterocycles. The average molecular weight is 152 g/mol. The van der Waals surface area contributed by atoms with Crippen LogP contribution in [0.1, 0.15) is 0 Å². The largest absolute Gasteiger partial charge is 0.395 e. The molecule has 0 saturated carbocycles. The molecule has 0 aliphatic heterocycles. The van der Waals surface area contributed by atoms with Gasteiger partial charge in [-0.3, -0.25) is 14.6 Å². The third-order valence-corrected chi connectivity index (χ3v) is 0.829. The molecule has 0 rings (SSSR count). The van der Waals surface area contributed by atoms with Crippen LogP contribution >= 0.6 is 0 Å². The van der Waals surface area contributed by atoms with E-state index in [0.29, 0.717) is 12.6 Å². The minimum atomic E-state index is -0.0359. The number of nitrogens with zero attached hydrogens (tertiary/aromatic N) is 1. The molecule has 2 N–H and O–H groups in total. The molecule has 0 amide bonds. The minimum absolute atomic E-state index is 0.0359. The summed E-state index contributed by atoms with van der Waals surface area (Å²) in [6, 6.07) is 0. The van der Waals surface area contributed by atoms with E-state index in [1.54, 1.807) is 0 Å². The first-order valence-corrected chi connectivity index (χ1v) is 2.80. The van der Waals surface area contributed by atoms with Crippen LogP contribution in [0.25, 0.3) is 0 Å². The number of aldehydes is 2. The Morgan fingerprint density at radius 3 is 2.36 bits per heavy atom. The number of hydrogen-bond donors (Lipinski definition) is 1. The van der Waals surface area contributed by atoms with E-state index in [1.165, 1.54) is 6.08 Å². The second-order valence-corrected chi connectivity index (χ2v) is 1.62. The molecular weight excluding hydrogens is 144 g/mol. The fourth-order valence-corrected chi connectivity index (χ4v) is 0.311. The normalized spacial score (nSPS) is 12.4. The smallest absolute Gasteiger partial charge is 0.168 e. The molecule has 0 spiro atoms. The molecule has 58 valence electrons. The standard InChI is InChI=1S/C7H8N2O2/c1-2-7(5-11)9-3-6(8)4-10/h2-5H,1,8H2/b6-3-,9-7+. The molecule has 0 aliphatic rings. The highest BCUT2D eigenvalue weighted by molar-refractivity contribution is 6.33. The van der Waals surface area contributed by atoms with Gasteiger partial charge in [0.2, 0.25) is 0 Å². The number of allylic oxidation sites excluding steroid dienone is 2. The monoisotopic (exact) mass is 152 g/mol. The van der Waals surface area contributed by atoms with Gasteiger partial charge in [0.1, 0.15) is 5.71 Å². The molecule has 0 heterocycles. The Hall–Kier alpha value is -1.71. The zero-order valence-corrected chi connectivity index (χ0v) is 5.86. The highest BCUT2D eigenvalue weighted by Gasteiger charge is 1.86. The van der Waals surface area contributed by atoms with Crippen molar-refractivity contribution in [2.24, 2.45) is 10.7 Å². The summed E-state index contributed by atoms with van der Waals surface area (Å²) >= 11 is 0. The zero-order valence-electron chi connectivity index (χ0n) is 5.86. The lowest BCUT2D eigenvalue weighted by molar-refractivity contribution is -0.105. The summed E-state index contributed by atoms with van der Waals surface area (Å²) in [7, 11) is 0. The summed E-state index contributed by atoms with van der Waals surface area (Å²) in [5, 5.41) is 0. The van der Waals surface area contributed by atoms with Crippen LogP contribution in [0.5, 0.6) is 0 Å². The van der Waals surface area contributed by atoms with Crippen LogP contribution < -0.4 is 5.73 Å². The maximum absolute atomic E-state index is 10.1. The number of carbonyl (C=O) groups excluding carboxylic acids is 2. The molecule has 0 fully saturated rings. The van der Waals surface area contributed by atoms with Gasteiger partial charge in [-0.05, 0) is 6.08 Å². The second kappa shape index (κ2) is 5.10. The van der Waals surface area contributed by atoms with Crippen molar-refractivity contribution >= 4 is 18.3 Å². The van der Waals surface area contributed by atoms with Crippen LogP contribution in [0, 0.1) is 0 Å². The molecule has 4 heteroatoms. The minimum Gasteiger partial charge on any atom is -0.395 e. The van der Waals surface area contributed by atoms with Crippen molar-refractivity contribution in [1.82, 2.24) is 0 Å². The van der Waals surface area contributed by atoms with Gasteiger partial charge in [-0.2, -0.15) is 0 Å². The summed E-state index contributed by atoms with van der Waals surface area (Å²) < 4.78 is 0. The van der Waals surface area contributed by atoms with E-state index in [2.05, 4.69) is 11.6 Å². The van der Waals surface area contributed by atoms with Gasteiger partial charge < -0.3 is 5.73 Å². The summed E-state index contributed by atoms with van der Waals surface area (Å²) in [4.78, 5) is 23.5. The Morgan fingerprint density at radius 1 is 1.36 bits per heavy atom. The topological polar surface area (TPSA) is 72.5 Å². The molecule has 0 bridgehead atoms. The lowest BCUT2D eigenvalue weighted by Gasteiger charge is -1.84. The fraction of sp³-hybridized carbons (Fsp3) is 0. The van der Waals surface area contributed by atoms with Gasteiger partial charge in [0.25, 0.3) is 0 Å². The van der Waals surface area contributed by atoms with Gasteiger partial charge in [-0.15, -0.1) is 0 Å². The molecule has 0 aromatic rings. The number of nitrogens with two attached hydrogens (primary N) is 1. The summed E-state index contributed by atoms with van der Waals surface area (Å²) in [6.07, 6.45) is 3.32. The predicted molar refractivity (Wildman–Crippen MR) is 42.0 cm³/mol. The lowest BCUT2D eigenvalue weighted by atomic mass is 10.4. The zero-order chi connectivity index (χ0) is 8.69. The molecular formula is C7H8N2O2. The van der Waals surface area contributed by atoms with Gasteiger partial charge in [0, 0.05) is 0 Å². The predicted octanol–water partition coefficient (Wildman–Crippen LogP) is -0.189. The van der Waals surface area contributed by atoms with Gasteiger partial charge in [-0.25, -0.2) is 0 Å². The van der Waals surface area contributed by atoms with Crippen molar-refractivity contribution in [3.63, 3.8) is 0 Å². The quantitative estimate of drug-likeness (QED) is 0.345. The highest BCUT2D eigenvalue weighted by Crippen LogP contribution is 1.82. The lowest BCUT2D eigenvalue weighted by Crippen LogP contribution is -1.98. The van der Waals surface area contributed by atoms with Crippen LogP contribution in [0.4, 0.5) is 0 Å². The molecule has 0 atom stereocenters. The first kappa shape index (κ1) is 9.29. The van der Waals surface area contributed by atoms with Gasteiger partial charge >= 0.3 is 0 Å². The SMILES string of the molecule is C=C/C(C=O)=N\C=C(/N)C=O. The van der Waals surface area contributed by atoms with E-state index in [9.17, 15) is 9.59 Å². The van der Waals surface area contributed by atoms with Crippen LogP contribution in [0.15, 0.2) is 29.5 Å². The molecule has 0 unspecified atom stereocenters. The number of aliphatic imine (C=N–C) groups is 1. The van der Waals surface area contributed by atoms with E-state index in [-0.39, 0.29) is 11.4 Å². The maximum Gasteiger partial charge on any atom is 0.168 e. The molecule has 4 nitrogen and oxygen atoms in total. The van der Waals surface area contributed by atoms with E-state index in [4.69, 9.17) is 5.73 Å². The van der Waals surface area contributed by atoms with Gasteiger partial charge in [-0.1, -0.05) is 6.58 Å². The molecule has 0 aromatic carbocycles. The van der Waals surface area contributed by atoms with Crippen molar-refractivity contribution in [1.29, 1.82) is 0 Å². The Bertz CT molecular complexity index is 219. The average Bonchev–Trinajstić information content (AvgIpc) is 2.06. The molecule has 0 saturated heterocycles. The van der Waals surface area contributed by atoms with Crippen LogP contribution in [-0.2, 0) is 9.59 Å². The summed E-state index contributed by atoms with van der Waals surface area (Å²) in [5.74, 6) is 0. The Balaban J connectivity index is 4.40. The third-order valence-electron chi connectivity index (χ3n) is 0.829. The van der Waals surface area contributed by atoms with Crippen molar-refractivity contribution in [3.8, 4) is 0 Å². The number of hydrogen-bond acceptors (Lipinski definition) is 4. The third kappa shape index (κ3) is 3.80. The first-order chi connectivity index (χ1) is 5.24. The highest BCUT2D eigenvalue weighted by atomic mass is 16.1. The fourth-order valence-electron chi connectivity index (χ4n) is 0.311. The maximum atomic E-state index is 10.1. The van der Waals surface area contributed by atoms with Crippen molar-refractivity contribution in [3.05, 3.63) is 24.6 Å². The van der Waals surface area contributed by atoms with E-state index in [0.717, 1.165) is 6.20 Å². The van der Waals surface area contributed by atoms with Crippen LogP contribution in [0.3, 0.4) is 0 Å². The molecule has 11 heavy (non-hydrogen) atoms. The Morgan fingerprint density at radius 2 is 2.00 bits per heavy atom. The Kier molecular flexibility index (Phi) is 4.31. The molecule has 0 radical (unpaired) electrons. The first-order valence-electron chi connectivity index (χ1n) is 2.80. The van der Waals surface area contributed by atoms with Crippen molar-refractivity contribution < 1.29 is 9.59 Å². The van der Waals surface area contributed by atoms with Crippen molar-refractivity contribution in [2.75, 3.05) is 0 Å². The Labute approximate surface area is 64.1 Å². The molecule has 0 aliphatic carbocycles. The summed E-state index contributed by atoms with van der Waals surface area (Å²) in [5.41, 5.74) is 5.16. The van der Waals surface area contributed by atoms with E-state index >= 15 is 0 Å². The summed E-state index contributed by atoms with van der Waals surface area (Å²) in [6.45, 7) is 3.32. The van der Waals surface area contributed by atoms with Crippen LogP contribution in [0.2, 0.25) is 0 Å². The van der Waals surface area contributed by atoms with Crippen LogP contribution in [-0.4, -0.2) is 18.3 Å². The van der Waals surface area contributed by atoms with E-state index < -0.39 is 0 Å². The van der Waals surface area contributed by atoms with Gasteiger partial charge in [0.05, 0.1) is 11.9 Å². The number of carbonyl (C=O) groups is 2. The van der Waals surface area contributed by atoms with E-state index in [1.807, 2.05) is 0 Å².